The number of rotatable bonds is 5. The summed E-state index contributed by atoms with van der Waals surface area (Å²) in [6.45, 7) is 0. The van der Waals surface area contributed by atoms with Crippen molar-refractivity contribution in [1.29, 1.82) is 0 Å². The molecule has 0 unspecified atom stereocenters. The van der Waals surface area contributed by atoms with Crippen molar-refractivity contribution < 1.29 is 0 Å². The Morgan fingerprint density at radius 3 is 2.62 bits per heavy atom. The minimum absolute atomic E-state index is 0.0210. The Balaban J connectivity index is 1.19. The number of hydrogen-bond acceptors (Lipinski definition) is 6. The van der Waals surface area contributed by atoms with Gasteiger partial charge >= 0.3 is 0 Å². The van der Waals surface area contributed by atoms with E-state index in [1.807, 2.05) is 5.38 Å². The fraction of sp³-hybridized carbons (Fsp3) is 0.619. The van der Waals surface area contributed by atoms with Crippen LogP contribution in [0.1, 0.15) is 50.0 Å². The largest absolute Gasteiger partial charge is 0.309 e. The second-order valence-electron chi connectivity index (χ2n) is 9.48. The van der Waals surface area contributed by atoms with Gasteiger partial charge in [-0.3, -0.25) is 9.20 Å². The van der Waals surface area contributed by atoms with E-state index in [0.29, 0.717) is 11.2 Å². The first-order valence-corrected chi connectivity index (χ1v) is 12.4. The first-order chi connectivity index (χ1) is 14.1. The topological polar surface area (TPSA) is 65.1 Å². The van der Waals surface area contributed by atoms with Crippen LogP contribution in [0.25, 0.3) is 4.96 Å². The molecule has 152 valence electrons. The Bertz CT molecular complexity index is 1090. The van der Waals surface area contributed by atoms with E-state index < -0.39 is 0 Å². The van der Waals surface area contributed by atoms with Crippen molar-refractivity contribution in [1.82, 2.24) is 24.1 Å². The number of thioether (sulfide) groups is 1. The summed E-state index contributed by atoms with van der Waals surface area (Å²) in [4.78, 5) is 17.5. The third kappa shape index (κ3) is 3.15. The number of fused-ring (bicyclic) bond motifs is 1. The van der Waals surface area contributed by atoms with Gasteiger partial charge in [0.05, 0.1) is 5.69 Å². The molecule has 8 heteroatoms. The molecule has 0 spiro atoms. The number of aromatic nitrogens is 5. The Labute approximate surface area is 177 Å². The summed E-state index contributed by atoms with van der Waals surface area (Å²) in [6.07, 6.45) is 11.4. The average molecular weight is 428 g/mol. The lowest BCUT2D eigenvalue weighted by molar-refractivity contribution is -0.0535. The maximum absolute atomic E-state index is 12.2. The lowest BCUT2D eigenvalue weighted by atomic mass is 9.49. The highest BCUT2D eigenvalue weighted by Crippen LogP contribution is 2.60. The van der Waals surface area contributed by atoms with Gasteiger partial charge in [-0.2, -0.15) is 0 Å². The van der Waals surface area contributed by atoms with Crippen LogP contribution in [0.5, 0.6) is 0 Å². The number of thiazole rings is 1. The van der Waals surface area contributed by atoms with Gasteiger partial charge < -0.3 is 4.57 Å². The molecule has 3 aromatic rings. The molecular weight excluding hydrogens is 402 g/mol. The van der Waals surface area contributed by atoms with Crippen LogP contribution in [-0.4, -0.2) is 24.1 Å². The molecule has 0 radical (unpaired) electrons. The first-order valence-electron chi connectivity index (χ1n) is 10.5. The summed E-state index contributed by atoms with van der Waals surface area (Å²) in [6, 6.07) is 1.62. The van der Waals surface area contributed by atoms with Gasteiger partial charge in [-0.25, -0.2) is 4.98 Å². The van der Waals surface area contributed by atoms with Crippen LogP contribution in [0.4, 0.5) is 0 Å². The second-order valence-corrected chi connectivity index (χ2v) is 11.3. The third-order valence-electron chi connectivity index (χ3n) is 7.33. The van der Waals surface area contributed by atoms with Crippen molar-refractivity contribution in [3.8, 4) is 0 Å². The van der Waals surface area contributed by atoms with Gasteiger partial charge in [-0.15, -0.1) is 21.5 Å². The highest BCUT2D eigenvalue weighted by Gasteiger charge is 2.51. The average Bonchev–Trinajstić information content (AvgIpc) is 3.27. The van der Waals surface area contributed by atoms with Crippen LogP contribution in [0.3, 0.4) is 0 Å². The van der Waals surface area contributed by atoms with E-state index in [1.54, 1.807) is 28.4 Å². The predicted octanol–water partition coefficient (Wildman–Crippen LogP) is 3.94. The molecule has 0 saturated heterocycles. The van der Waals surface area contributed by atoms with E-state index in [9.17, 15) is 4.79 Å². The van der Waals surface area contributed by atoms with Crippen LogP contribution in [0.15, 0.2) is 27.6 Å². The quantitative estimate of drug-likeness (QED) is 0.577. The lowest BCUT2D eigenvalue weighted by Gasteiger charge is -2.56. The summed E-state index contributed by atoms with van der Waals surface area (Å²) in [5.74, 6) is 4.63. The molecule has 4 fully saturated rings. The van der Waals surface area contributed by atoms with E-state index in [1.165, 1.54) is 49.9 Å². The molecule has 0 amide bonds. The fourth-order valence-corrected chi connectivity index (χ4v) is 8.13. The highest BCUT2D eigenvalue weighted by atomic mass is 32.2. The summed E-state index contributed by atoms with van der Waals surface area (Å²) in [5.41, 5.74) is 1.25. The highest BCUT2D eigenvalue weighted by molar-refractivity contribution is 7.98. The Morgan fingerprint density at radius 1 is 1.17 bits per heavy atom. The zero-order valence-corrected chi connectivity index (χ0v) is 18.2. The molecule has 0 N–H and O–H groups in total. The van der Waals surface area contributed by atoms with Crippen molar-refractivity contribution >= 4 is 28.1 Å². The smallest absolute Gasteiger partial charge is 0.258 e. The summed E-state index contributed by atoms with van der Waals surface area (Å²) < 4.78 is 3.75. The van der Waals surface area contributed by atoms with Crippen LogP contribution in [0.2, 0.25) is 0 Å². The molecule has 4 aliphatic rings. The molecule has 6 nitrogen and oxygen atoms in total. The van der Waals surface area contributed by atoms with Gasteiger partial charge in [0.1, 0.15) is 5.82 Å². The van der Waals surface area contributed by atoms with Gasteiger partial charge in [-0.1, -0.05) is 11.8 Å². The fourth-order valence-electron chi connectivity index (χ4n) is 6.57. The van der Waals surface area contributed by atoms with E-state index in [0.717, 1.165) is 45.8 Å². The Morgan fingerprint density at radius 2 is 1.90 bits per heavy atom. The minimum Gasteiger partial charge on any atom is -0.309 e. The molecule has 29 heavy (non-hydrogen) atoms. The standard InChI is InChI=1S/C21H25N5OS2/c1-25-17(11-21-8-13-4-14(9-21)6-15(5-13)10-21)23-24-20(25)29-12-16-7-18(27)26-2-3-28-19(26)22-16/h2-3,7,13-15H,4-6,8-12H2,1H3. The second kappa shape index (κ2) is 6.67. The first kappa shape index (κ1) is 18.1. The monoisotopic (exact) mass is 427 g/mol. The molecule has 0 atom stereocenters. The summed E-state index contributed by atoms with van der Waals surface area (Å²) in [7, 11) is 2.09. The lowest BCUT2D eigenvalue weighted by Crippen LogP contribution is -2.47. The van der Waals surface area contributed by atoms with E-state index >= 15 is 0 Å². The van der Waals surface area contributed by atoms with E-state index in [2.05, 4.69) is 26.8 Å². The minimum atomic E-state index is -0.0210. The van der Waals surface area contributed by atoms with Crippen LogP contribution in [0, 0.1) is 23.2 Å². The van der Waals surface area contributed by atoms with E-state index in [-0.39, 0.29) is 5.56 Å². The van der Waals surface area contributed by atoms with Gasteiger partial charge in [0.15, 0.2) is 10.1 Å². The van der Waals surface area contributed by atoms with Crippen molar-refractivity contribution in [2.24, 2.45) is 30.2 Å². The summed E-state index contributed by atoms with van der Waals surface area (Å²) >= 11 is 3.10. The maximum atomic E-state index is 12.2. The molecule has 3 heterocycles. The van der Waals surface area contributed by atoms with Crippen LogP contribution < -0.4 is 5.56 Å². The molecular formula is C21H25N5OS2. The van der Waals surface area contributed by atoms with Gasteiger partial charge in [0, 0.05) is 36.9 Å². The Hall–Kier alpha value is -1.67. The molecule has 3 aromatic heterocycles. The SMILES string of the molecule is Cn1c(CC23CC4CC(CC(C4)C2)C3)nnc1SCc1cc(=O)n2ccsc2n1. The zero-order valence-electron chi connectivity index (χ0n) is 16.6. The number of hydrogen-bond donors (Lipinski definition) is 0. The van der Waals surface area contributed by atoms with Crippen molar-refractivity contribution in [3.05, 3.63) is 39.5 Å². The van der Waals surface area contributed by atoms with Crippen molar-refractivity contribution in [2.75, 3.05) is 0 Å². The van der Waals surface area contributed by atoms with Crippen molar-refractivity contribution in [2.45, 2.75) is 55.9 Å². The predicted molar refractivity (Wildman–Crippen MR) is 114 cm³/mol. The third-order valence-corrected chi connectivity index (χ3v) is 9.14. The molecule has 0 aliphatic heterocycles. The molecule has 4 bridgehead atoms. The summed E-state index contributed by atoms with van der Waals surface area (Å²) in [5, 5.41) is 11.8. The molecule has 7 rings (SSSR count). The molecule has 4 saturated carbocycles. The normalized spacial score (nSPS) is 30.4. The zero-order chi connectivity index (χ0) is 19.6. The molecule has 4 aliphatic carbocycles. The maximum Gasteiger partial charge on any atom is 0.258 e. The van der Waals surface area contributed by atoms with Gasteiger partial charge in [0.2, 0.25) is 0 Å². The van der Waals surface area contributed by atoms with E-state index in [4.69, 9.17) is 0 Å². The number of nitrogens with zero attached hydrogens (tertiary/aromatic N) is 5. The van der Waals surface area contributed by atoms with Crippen LogP contribution in [-0.2, 0) is 19.2 Å². The van der Waals surface area contributed by atoms with Gasteiger partial charge in [-0.05, 0) is 61.7 Å². The van der Waals surface area contributed by atoms with Crippen molar-refractivity contribution in [3.63, 3.8) is 0 Å². The van der Waals surface area contributed by atoms with Gasteiger partial charge in [0.25, 0.3) is 5.56 Å². The Kier molecular flexibility index (Phi) is 4.17. The molecule has 0 aromatic carbocycles. The van der Waals surface area contributed by atoms with Crippen LogP contribution >= 0.6 is 23.1 Å².